The maximum atomic E-state index is 13.3. The summed E-state index contributed by atoms with van der Waals surface area (Å²) in [6.07, 6.45) is -2.93. The van der Waals surface area contributed by atoms with Crippen molar-refractivity contribution < 1.29 is 21.6 Å². The van der Waals surface area contributed by atoms with Crippen molar-refractivity contribution in [3.05, 3.63) is 53.9 Å². The lowest BCUT2D eigenvalue weighted by molar-refractivity contribution is -0.139. The maximum Gasteiger partial charge on any atom is 0.419 e. The van der Waals surface area contributed by atoms with Crippen LogP contribution in [0, 0.1) is 6.92 Å². The molecule has 8 heteroatoms. The number of nitrogens with one attached hydrogen (secondary N) is 1. The minimum absolute atomic E-state index is 0.0830. The van der Waals surface area contributed by atoms with Crippen molar-refractivity contribution in [2.75, 3.05) is 0 Å². The van der Waals surface area contributed by atoms with Gasteiger partial charge in [0.15, 0.2) is 0 Å². The minimum atomic E-state index is -4.83. The second-order valence-electron chi connectivity index (χ2n) is 5.06. The van der Waals surface area contributed by atoms with Crippen molar-refractivity contribution >= 4 is 20.9 Å². The molecule has 0 aliphatic rings. The van der Waals surface area contributed by atoms with E-state index in [9.17, 15) is 21.6 Å². The molecule has 3 aromatic rings. The molecule has 0 spiro atoms. The van der Waals surface area contributed by atoms with Gasteiger partial charge >= 0.3 is 6.18 Å². The van der Waals surface area contributed by atoms with Crippen LogP contribution in [0.1, 0.15) is 11.1 Å². The largest absolute Gasteiger partial charge is 0.419 e. The van der Waals surface area contributed by atoms with E-state index in [2.05, 4.69) is 9.97 Å². The number of sulfone groups is 1. The number of hydrogen-bond donors (Lipinski definition) is 1. The molecule has 0 unspecified atom stereocenters. The number of H-pyrrole nitrogens is 1. The number of benzene rings is 1. The highest BCUT2D eigenvalue weighted by molar-refractivity contribution is 7.91. The van der Waals surface area contributed by atoms with E-state index in [-0.39, 0.29) is 15.9 Å². The number of pyridine rings is 1. The zero-order valence-corrected chi connectivity index (χ0v) is 12.7. The van der Waals surface area contributed by atoms with Gasteiger partial charge < -0.3 is 4.98 Å². The lowest BCUT2D eigenvalue weighted by Crippen LogP contribution is -2.14. The average Bonchev–Trinajstić information content (AvgIpc) is 2.93. The van der Waals surface area contributed by atoms with Crippen LogP contribution in [0.4, 0.5) is 13.2 Å². The van der Waals surface area contributed by atoms with Crippen LogP contribution in [0.2, 0.25) is 0 Å². The van der Waals surface area contributed by atoms with E-state index in [1.165, 1.54) is 36.5 Å². The second kappa shape index (κ2) is 5.09. The summed E-state index contributed by atoms with van der Waals surface area (Å²) in [7, 11) is -4.35. The molecule has 0 amide bonds. The van der Waals surface area contributed by atoms with E-state index in [4.69, 9.17) is 0 Å². The van der Waals surface area contributed by atoms with Crippen LogP contribution >= 0.6 is 0 Å². The number of halogens is 3. The standard InChI is InChI=1S/C15H11F3N2O2S/c1-9-2-4-10(5-3-9)23(21,22)13-11-6-7-19-14(11)20-8-12(13)15(16,17)18/h2-8H,1H3,(H,19,20). The Bertz CT molecular complexity index is 974. The number of nitrogens with zero attached hydrogens (tertiary/aromatic N) is 1. The molecule has 0 aliphatic heterocycles. The molecular weight excluding hydrogens is 329 g/mol. The molecule has 4 nitrogen and oxygen atoms in total. The lowest BCUT2D eigenvalue weighted by Gasteiger charge is -2.14. The lowest BCUT2D eigenvalue weighted by atomic mass is 10.2. The number of rotatable bonds is 2. The van der Waals surface area contributed by atoms with E-state index in [0.717, 1.165) is 5.56 Å². The monoisotopic (exact) mass is 340 g/mol. The van der Waals surface area contributed by atoms with Gasteiger partial charge in [-0.1, -0.05) is 17.7 Å². The maximum absolute atomic E-state index is 13.3. The number of aromatic nitrogens is 2. The van der Waals surface area contributed by atoms with Crippen molar-refractivity contribution in [2.45, 2.75) is 22.9 Å². The minimum Gasteiger partial charge on any atom is -0.346 e. The predicted octanol–water partition coefficient (Wildman–Crippen LogP) is 3.72. The zero-order valence-electron chi connectivity index (χ0n) is 11.8. The average molecular weight is 340 g/mol. The Kier molecular flexibility index (Phi) is 3.44. The van der Waals surface area contributed by atoms with E-state index < -0.39 is 26.5 Å². The SMILES string of the molecule is Cc1ccc(S(=O)(=O)c2c(C(F)(F)F)cnc3[nH]ccc23)cc1. The van der Waals surface area contributed by atoms with Gasteiger partial charge in [0.05, 0.1) is 15.4 Å². The van der Waals surface area contributed by atoms with Crippen LogP contribution < -0.4 is 0 Å². The molecule has 2 aromatic heterocycles. The van der Waals surface area contributed by atoms with Gasteiger partial charge in [0.1, 0.15) is 5.65 Å². The van der Waals surface area contributed by atoms with Crippen molar-refractivity contribution in [3.63, 3.8) is 0 Å². The molecule has 0 aliphatic carbocycles. The quantitative estimate of drug-likeness (QED) is 0.773. The molecule has 0 bridgehead atoms. The molecule has 0 radical (unpaired) electrons. The summed E-state index contributed by atoms with van der Waals surface area (Å²) >= 11 is 0. The summed E-state index contributed by atoms with van der Waals surface area (Å²) < 4.78 is 65.4. The number of aromatic amines is 1. The van der Waals surface area contributed by atoms with Crippen LogP contribution in [0.15, 0.2) is 52.5 Å². The fourth-order valence-electron chi connectivity index (χ4n) is 2.31. The van der Waals surface area contributed by atoms with Gasteiger partial charge in [-0.05, 0) is 25.1 Å². The Balaban J connectivity index is 2.37. The third kappa shape index (κ3) is 2.59. The van der Waals surface area contributed by atoms with Crippen molar-refractivity contribution in [1.82, 2.24) is 9.97 Å². The molecule has 0 saturated carbocycles. The highest BCUT2D eigenvalue weighted by atomic mass is 32.2. The third-order valence-electron chi connectivity index (χ3n) is 3.44. The molecular formula is C15H11F3N2O2S. The summed E-state index contributed by atoms with van der Waals surface area (Å²) in [5.41, 5.74) is -0.379. The number of aryl methyl sites for hydroxylation is 1. The summed E-state index contributed by atoms with van der Waals surface area (Å²) in [6, 6.07) is 6.94. The molecule has 3 rings (SSSR count). The van der Waals surface area contributed by atoms with Gasteiger partial charge in [-0.15, -0.1) is 0 Å². The highest BCUT2D eigenvalue weighted by Gasteiger charge is 2.39. The van der Waals surface area contributed by atoms with E-state index >= 15 is 0 Å². The number of fused-ring (bicyclic) bond motifs is 1. The van der Waals surface area contributed by atoms with Gasteiger partial charge in [0.2, 0.25) is 9.84 Å². The summed E-state index contributed by atoms with van der Waals surface area (Å²) in [5, 5.41) is -0.0830. The van der Waals surface area contributed by atoms with Crippen LogP contribution in [0.3, 0.4) is 0 Å². The van der Waals surface area contributed by atoms with Crippen molar-refractivity contribution in [2.24, 2.45) is 0 Å². The van der Waals surface area contributed by atoms with Crippen molar-refractivity contribution in [1.29, 1.82) is 0 Å². The molecule has 23 heavy (non-hydrogen) atoms. The summed E-state index contributed by atoms with van der Waals surface area (Å²) in [5.74, 6) is 0. The second-order valence-corrected chi connectivity index (χ2v) is 6.94. The Labute approximate surface area is 129 Å². The number of hydrogen-bond acceptors (Lipinski definition) is 3. The summed E-state index contributed by atoms with van der Waals surface area (Å²) in [6.45, 7) is 1.76. The molecule has 1 aromatic carbocycles. The topological polar surface area (TPSA) is 62.8 Å². The van der Waals surface area contributed by atoms with Crippen LogP contribution in [0.25, 0.3) is 11.0 Å². The molecule has 0 fully saturated rings. The van der Waals surface area contributed by atoms with Gasteiger partial charge in [0.25, 0.3) is 0 Å². The first-order valence-electron chi connectivity index (χ1n) is 6.56. The Hall–Kier alpha value is -2.35. The van der Waals surface area contributed by atoms with Crippen molar-refractivity contribution in [3.8, 4) is 0 Å². The van der Waals surface area contributed by atoms with E-state index in [1.54, 1.807) is 6.92 Å². The van der Waals surface area contributed by atoms with Crippen LogP contribution in [0.5, 0.6) is 0 Å². The molecule has 2 heterocycles. The normalized spacial score (nSPS) is 12.7. The fraction of sp³-hybridized carbons (Fsp3) is 0.133. The smallest absolute Gasteiger partial charge is 0.346 e. The molecule has 0 atom stereocenters. The Morgan fingerprint density at radius 1 is 1.09 bits per heavy atom. The van der Waals surface area contributed by atoms with Crippen LogP contribution in [-0.4, -0.2) is 18.4 Å². The van der Waals surface area contributed by atoms with Gasteiger partial charge in [-0.2, -0.15) is 13.2 Å². The first-order valence-corrected chi connectivity index (χ1v) is 8.04. The molecule has 120 valence electrons. The first kappa shape index (κ1) is 15.5. The van der Waals surface area contributed by atoms with Crippen LogP contribution in [-0.2, 0) is 16.0 Å². The highest BCUT2D eigenvalue weighted by Crippen LogP contribution is 2.39. The van der Waals surface area contributed by atoms with Gasteiger partial charge in [-0.25, -0.2) is 13.4 Å². The van der Waals surface area contributed by atoms with Gasteiger partial charge in [0, 0.05) is 17.8 Å². The fourth-order valence-corrected chi connectivity index (χ4v) is 3.95. The molecule has 1 N–H and O–H groups in total. The van der Waals surface area contributed by atoms with Gasteiger partial charge in [-0.3, -0.25) is 0 Å². The first-order chi connectivity index (χ1) is 10.7. The van der Waals surface area contributed by atoms with E-state index in [0.29, 0.717) is 6.20 Å². The summed E-state index contributed by atoms with van der Waals surface area (Å²) in [4.78, 5) is 5.31. The molecule has 0 saturated heterocycles. The van der Waals surface area contributed by atoms with E-state index in [1.807, 2.05) is 0 Å². The number of alkyl halides is 3. The predicted molar refractivity (Wildman–Crippen MR) is 77.7 cm³/mol. The Morgan fingerprint density at radius 3 is 2.35 bits per heavy atom. The Morgan fingerprint density at radius 2 is 1.74 bits per heavy atom. The zero-order chi connectivity index (χ0) is 16.8. The third-order valence-corrected chi connectivity index (χ3v) is 5.31.